The number of hydrogen-bond acceptors (Lipinski definition) is 11. The Balaban J connectivity index is 6.84. The molecule has 0 saturated carbocycles. The third kappa shape index (κ3) is 74.3. The van der Waals surface area contributed by atoms with E-state index in [0.29, 0.717) is 38.4 Å². The van der Waals surface area contributed by atoms with Crippen LogP contribution in [0.3, 0.4) is 0 Å². The van der Waals surface area contributed by atoms with Crippen LogP contribution in [0.1, 0.15) is 420 Å². The number of carbonyl (C=O) groups is 6. The maximum absolute atomic E-state index is 14.4. The predicted molar refractivity (Wildman–Crippen MR) is 453 cm³/mol. The SMILES string of the molecule is CCCCCC=CCC=CCCCCCCCC(=O)OC[C@@H](OC(=O)CCCCCCCC=CCC=CCCCCC)[C@@H](OC(=O)CCCCCCCC=CCC=CCCCCC)[C@H](OC(=O)CCCCCCCC=CCC=CCCCCC)[C@H](C=O)OC(=O)CCCCCCCC=CCC=CCCCCC. The number of aldehydes is 1. The topological polar surface area (TPSA) is 149 Å². The van der Waals surface area contributed by atoms with E-state index in [1.165, 1.54) is 96.3 Å². The lowest BCUT2D eigenvalue weighted by atomic mass is 10.0. The number of unbranched alkanes of at least 4 members (excludes halogenated alkanes) is 40. The molecule has 0 bridgehead atoms. The van der Waals surface area contributed by atoms with Gasteiger partial charge in [-0.05, 0) is 193 Å². The first kappa shape index (κ1) is 101. The van der Waals surface area contributed by atoms with E-state index in [1.54, 1.807) is 0 Å². The van der Waals surface area contributed by atoms with Crippen molar-refractivity contribution in [3.63, 3.8) is 0 Å². The van der Waals surface area contributed by atoms with Gasteiger partial charge in [0.05, 0.1) is 0 Å². The Morgan fingerprint density at radius 1 is 0.224 bits per heavy atom. The van der Waals surface area contributed by atoms with Gasteiger partial charge in [-0.1, -0.05) is 317 Å². The van der Waals surface area contributed by atoms with Crippen molar-refractivity contribution in [2.45, 2.75) is 444 Å². The van der Waals surface area contributed by atoms with E-state index >= 15 is 0 Å². The van der Waals surface area contributed by atoms with Gasteiger partial charge in [0.2, 0.25) is 0 Å². The van der Waals surface area contributed by atoms with Crippen LogP contribution in [-0.4, -0.2) is 67.2 Å². The Kier molecular flexibility index (Phi) is 80.0. The van der Waals surface area contributed by atoms with E-state index in [9.17, 15) is 28.8 Å². The third-order valence-electron chi connectivity index (χ3n) is 19.3. The Morgan fingerprint density at radius 3 is 0.682 bits per heavy atom. The Morgan fingerprint density at radius 2 is 0.430 bits per heavy atom. The molecular weight excluding hydrogens is 1330 g/mol. The number of hydrogen-bond donors (Lipinski definition) is 0. The maximum Gasteiger partial charge on any atom is 0.306 e. The molecule has 0 aromatic heterocycles. The highest BCUT2D eigenvalue weighted by atomic mass is 16.6. The van der Waals surface area contributed by atoms with Crippen molar-refractivity contribution in [1.29, 1.82) is 0 Å². The highest BCUT2D eigenvalue weighted by Gasteiger charge is 2.45. The Bertz CT molecular complexity index is 2350. The van der Waals surface area contributed by atoms with Gasteiger partial charge in [-0.2, -0.15) is 0 Å². The maximum atomic E-state index is 14.4. The average Bonchev–Trinajstić information content (AvgIpc) is 0.826. The van der Waals surface area contributed by atoms with Crippen LogP contribution in [0.15, 0.2) is 122 Å². The summed E-state index contributed by atoms with van der Waals surface area (Å²) in [6.07, 6.45) is 94.3. The molecule has 4 atom stereocenters. The van der Waals surface area contributed by atoms with Crippen molar-refractivity contribution in [2.75, 3.05) is 6.61 Å². The fourth-order valence-electron chi connectivity index (χ4n) is 12.6. The summed E-state index contributed by atoms with van der Waals surface area (Å²) in [7, 11) is 0. The van der Waals surface area contributed by atoms with E-state index in [0.717, 1.165) is 225 Å². The number of rotatable bonds is 80. The van der Waals surface area contributed by atoms with Crippen molar-refractivity contribution in [3.05, 3.63) is 122 Å². The normalized spacial score (nSPS) is 13.4. The Hall–Kier alpha value is -5.58. The molecule has 612 valence electrons. The molecule has 0 aromatic carbocycles. The summed E-state index contributed by atoms with van der Waals surface area (Å²) < 4.78 is 30.8. The van der Waals surface area contributed by atoms with Crippen LogP contribution in [0, 0.1) is 0 Å². The first-order valence-electron chi connectivity index (χ1n) is 44.6. The number of esters is 5. The fraction of sp³-hybridized carbons (Fsp3) is 0.729. The van der Waals surface area contributed by atoms with E-state index in [-0.39, 0.29) is 32.1 Å². The summed E-state index contributed by atoms with van der Waals surface area (Å²) in [6.45, 7) is 10.6. The molecule has 11 nitrogen and oxygen atoms in total. The molecule has 107 heavy (non-hydrogen) atoms. The van der Waals surface area contributed by atoms with E-state index in [2.05, 4.69) is 156 Å². The summed E-state index contributed by atoms with van der Waals surface area (Å²) in [4.78, 5) is 84.2. The molecule has 0 aromatic rings. The van der Waals surface area contributed by atoms with Gasteiger partial charge < -0.3 is 23.7 Å². The molecule has 0 heterocycles. The average molecular weight is 1490 g/mol. The van der Waals surface area contributed by atoms with Crippen LogP contribution in [-0.2, 0) is 52.5 Å². The van der Waals surface area contributed by atoms with Gasteiger partial charge in [0.25, 0.3) is 0 Å². The molecule has 0 amide bonds. The highest BCUT2D eigenvalue weighted by Crippen LogP contribution is 2.25. The van der Waals surface area contributed by atoms with Crippen LogP contribution in [0.2, 0.25) is 0 Å². The second kappa shape index (κ2) is 84.4. The minimum atomic E-state index is -1.74. The predicted octanol–water partition coefficient (Wildman–Crippen LogP) is 28.4. The zero-order valence-electron chi connectivity index (χ0n) is 69.6. The molecule has 0 fully saturated rings. The van der Waals surface area contributed by atoms with E-state index in [4.69, 9.17) is 23.7 Å². The smallest absolute Gasteiger partial charge is 0.306 e. The second-order valence-corrected chi connectivity index (χ2v) is 29.6. The zero-order valence-corrected chi connectivity index (χ0v) is 69.6. The lowest BCUT2D eigenvalue weighted by Gasteiger charge is -2.34. The van der Waals surface area contributed by atoms with Crippen LogP contribution >= 0.6 is 0 Å². The van der Waals surface area contributed by atoms with Crippen LogP contribution in [0.5, 0.6) is 0 Å². The standard InChI is InChI=1S/C96H162O11/c1-6-11-16-21-26-31-36-41-46-51-56-61-66-71-76-81-90(98)103-87-89(105-92(100)83-78-73-68-63-58-53-48-43-38-33-28-23-18-13-8-3)96(107-94(102)85-80-75-70-65-60-55-50-45-40-35-30-25-20-15-10-5)95(106-93(101)84-79-74-69-64-59-54-49-44-39-34-29-24-19-14-9-4)88(86-97)104-91(99)82-77-72-67-62-57-52-47-42-37-32-27-22-17-12-7-2/h26-35,41-50,86,88-89,95-96H,6-25,36-40,51-85,87H2,1-5H3/t88-,89+,95+,96+/m0/s1. The summed E-state index contributed by atoms with van der Waals surface area (Å²) in [5.41, 5.74) is 0. The van der Waals surface area contributed by atoms with Crippen LogP contribution in [0.4, 0.5) is 0 Å². The number of allylic oxidation sites excluding steroid dienone is 20. The monoisotopic (exact) mass is 1490 g/mol. The summed E-state index contributed by atoms with van der Waals surface area (Å²) in [5.74, 6) is -3.15. The number of ether oxygens (including phenoxy) is 5. The van der Waals surface area contributed by atoms with Gasteiger partial charge in [0.1, 0.15) is 6.61 Å². The van der Waals surface area contributed by atoms with Gasteiger partial charge in [-0.3, -0.25) is 28.8 Å². The first-order chi connectivity index (χ1) is 52.7. The van der Waals surface area contributed by atoms with Gasteiger partial charge in [0, 0.05) is 32.1 Å². The minimum Gasteiger partial charge on any atom is -0.462 e. The molecule has 0 aliphatic heterocycles. The first-order valence-corrected chi connectivity index (χ1v) is 44.6. The molecule has 0 spiro atoms. The van der Waals surface area contributed by atoms with Gasteiger partial charge in [-0.25, -0.2) is 0 Å². The molecular formula is C96H162O11. The highest BCUT2D eigenvalue weighted by molar-refractivity contribution is 5.75. The lowest BCUT2D eigenvalue weighted by Crippen LogP contribution is -2.54. The molecule has 0 N–H and O–H groups in total. The minimum absolute atomic E-state index is 0.00869. The summed E-state index contributed by atoms with van der Waals surface area (Å²) in [5, 5.41) is 0. The molecule has 0 aliphatic rings. The van der Waals surface area contributed by atoms with Crippen molar-refractivity contribution >= 4 is 36.1 Å². The third-order valence-corrected chi connectivity index (χ3v) is 19.3. The molecule has 0 radical (unpaired) electrons. The van der Waals surface area contributed by atoms with Crippen molar-refractivity contribution in [1.82, 2.24) is 0 Å². The van der Waals surface area contributed by atoms with Gasteiger partial charge in [-0.15, -0.1) is 0 Å². The summed E-state index contributed by atoms with van der Waals surface area (Å²) in [6, 6.07) is 0. The zero-order chi connectivity index (χ0) is 77.7. The van der Waals surface area contributed by atoms with Crippen molar-refractivity contribution in [3.8, 4) is 0 Å². The van der Waals surface area contributed by atoms with Crippen molar-refractivity contribution in [2.24, 2.45) is 0 Å². The van der Waals surface area contributed by atoms with E-state index in [1.807, 2.05) is 0 Å². The van der Waals surface area contributed by atoms with Crippen molar-refractivity contribution < 1.29 is 52.5 Å². The van der Waals surface area contributed by atoms with E-state index < -0.39 is 60.9 Å². The second-order valence-electron chi connectivity index (χ2n) is 29.6. The summed E-state index contributed by atoms with van der Waals surface area (Å²) >= 11 is 0. The number of carbonyl (C=O) groups excluding carboxylic acids is 6. The van der Waals surface area contributed by atoms with Gasteiger partial charge >= 0.3 is 29.8 Å². The molecule has 0 unspecified atom stereocenters. The lowest BCUT2D eigenvalue weighted by molar-refractivity contribution is -0.204. The van der Waals surface area contributed by atoms with Crippen LogP contribution in [0.25, 0.3) is 0 Å². The quantitative estimate of drug-likeness (QED) is 0.0188. The Labute approximate surface area is 657 Å². The largest absolute Gasteiger partial charge is 0.462 e. The van der Waals surface area contributed by atoms with Crippen LogP contribution < -0.4 is 0 Å². The molecule has 0 aliphatic carbocycles. The molecule has 0 saturated heterocycles. The molecule has 0 rings (SSSR count). The van der Waals surface area contributed by atoms with Gasteiger partial charge in [0.15, 0.2) is 30.7 Å². The molecule has 11 heteroatoms. The fourth-order valence-corrected chi connectivity index (χ4v) is 12.6.